The number of nitrogens with zero attached hydrogens (tertiary/aromatic N) is 2. The third kappa shape index (κ3) is 3.03. The average molecular weight is 278 g/mol. The number of likely N-dealkylation sites (N-methyl/N-ethyl adjacent to an activating group) is 1. The van der Waals surface area contributed by atoms with Crippen LogP contribution in [0.15, 0.2) is 0 Å². The Morgan fingerprint density at radius 2 is 1.60 bits per heavy atom. The van der Waals surface area contributed by atoms with E-state index >= 15 is 0 Å². The van der Waals surface area contributed by atoms with Crippen molar-refractivity contribution >= 4 is 5.91 Å². The van der Waals surface area contributed by atoms with Gasteiger partial charge in [-0.05, 0) is 58.0 Å². The molecule has 1 amide bonds. The Kier molecular flexibility index (Phi) is 4.65. The van der Waals surface area contributed by atoms with Gasteiger partial charge in [-0.25, -0.2) is 0 Å². The van der Waals surface area contributed by atoms with Crippen LogP contribution < -0.4 is 0 Å². The maximum Gasteiger partial charge on any atom is 0.223 e. The van der Waals surface area contributed by atoms with Crippen LogP contribution in [0.5, 0.6) is 0 Å². The minimum absolute atomic E-state index is 0.458. The molecule has 3 heteroatoms. The number of likely N-dealkylation sites (tertiary alicyclic amines) is 2. The fourth-order valence-electron chi connectivity index (χ4n) is 4.68. The summed E-state index contributed by atoms with van der Waals surface area (Å²) < 4.78 is 0. The van der Waals surface area contributed by atoms with Gasteiger partial charge in [0.15, 0.2) is 0 Å². The first-order valence-electron chi connectivity index (χ1n) is 8.75. The van der Waals surface area contributed by atoms with E-state index in [2.05, 4.69) is 16.8 Å². The van der Waals surface area contributed by atoms with Gasteiger partial charge in [0.05, 0.1) is 0 Å². The van der Waals surface area contributed by atoms with Crippen LogP contribution in [0, 0.1) is 5.92 Å². The van der Waals surface area contributed by atoms with Gasteiger partial charge in [-0.1, -0.05) is 19.3 Å². The van der Waals surface area contributed by atoms with E-state index in [9.17, 15) is 4.79 Å². The predicted molar refractivity (Wildman–Crippen MR) is 81.6 cm³/mol. The van der Waals surface area contributed by atoms with Crippen LogP contribution in [0.2, 0.25) is 0 Å². The molecule has 2 unspecified atom stereocenters. The Hall–Kier alpha value is -0.570. The van der Waals surface area contributed by atoms with Crippen LogP contribution in [-0.4, -0.2) is 47.9 Å². The second kappa shape index (κ2) is 6.46. The van der Waals surface area contributed by atoms with Crippen molar-refractivity contribution in [1.29, 1.82) is 0 Å². The highest BCUT2D eigenvalue weighted by atomic mass is 16.2. The molecule has 0 aromatic rings. The second-order valence-electron chi connectivity index (χ2n) is 7.20. The summed E-state index contributed by atoms with van der Waals surface area (Å²) in [6.07, 6.45) is 12.5. The second-order valence-corrected chi connectivity index (χ2v) is 7.20. The first kappa shape index (κ1) is 14.4. The van der Waals surface area contributed by atoms with Crippen LogP contribution in [0.1, 0.15) is 64.2 Å². The molecule has 0 aromatic heterocycles. The lowest BCUT2D eigenvalue weighted by molar-refractivity contribution is -0.134. The molecule has 1 saturated carbocycles. The molecule has 3 aliphatic rings. The smallest absolute Gasteiger partial charge is 0.223 e. The summed E-state index contributed by atoms with van der Waals surface area (Å²) in [4.78, 5) is 17.4. The van der Waals surface area contributed by atoms with Crippen LogP contribution in [-0.2, 0) is 4.79 Å². The average Bonchev–Trinajstić information content (AvgIpc) is 3.07. The summed E-state index contributed by atoms with van der Waals surface area (Å²) in [7, 11) is 2.24. The summed E-state index contributed by atoms with van der Waals surface area (Å²) in [5, 5.41) is 0. The molecule has 0 radical (unpaired) electrons. The molecule has 0 bridgehead atoms. The molecule has 0 aromatic carbocycles. The Bertz CT molecular complexity index is 338. The Morgan fingerprint density at radius 3 is 2.30 bits per heavy atom. The summed E-state index contributed by atoms with van der Waals surface area (Å²) in [6.45, 7) is 2.23. The highest BCUT2D eigenvalue weighted by molar-refractivity contribution is 5.77. The van der Waals surface area contributed by atoms with Crippen LogP contribution in [0.4, 0.5) is 0 Å². The van der Waals surface area contributed by atoms with Gasteiger partial charge in [-0.3, -0.25) is 4.79 Å². The van der Waals surface area contributed by atoms with Crippen LogP contribution >= 0.6 is 0 Å². The van der Waals surface area contributed by atoms with Crippen molar-refractivity contribution in [2.45, 2.75) is 76.3 Å². The van der Waals surface area contributed by atoms with Gasteiger partial charge in [0.1, 0.15) is 0 Å². The van der Waals surface area contributed by atoms with E-state index in [1.54, 1.807) is 0 Å². The molecule has 2 saturated heterocycles. The maximum absolute atomic E-state index is 12.7. The standard InChI is InChI=1S/C17H30N2O/c1-18-11-5-9-15(18)16-10-6-12-19(16)17(20)13-14-7-3-2-4-8-14/h14-16H,2-13H2,1H3. The summed E-state index contributed by atoms with van der Waals surface area (Å²) >= 11 is 0. The molecule has 2 aliphatic heterocycles. The number of hydrogen-bond acceptors (Lipinski definition) is 2. The van der Waals surface area contributed by atoms with Gasteiger partial charge in [0.25, 0.3) is 0 Å². The fraction of sp³-hybridized carbons (Fsp3) is 0.941. The molecule has 2 atom stereocenters. The van der Waals surface area contributed by atoms with Crippen molar-refractivity contribution in [1.82, 2.24) is 9.80 Å². The van der Waals surface area contributed by atoms with Gasteiger partial charge in [0.2, 0.25) is 5.91 Å². The highest BCUT2D eigenvalue weighted by Crippen LogP contribution is 2.32. The molecule has 0 N–H and O–H groups in total. The van der Waals surface area contributed by atoms with Gasteiger partial charge in [0, 0.05) is 25.0 Å². The van der Waals surface area contributed by atoms with Crippen molar-refractivity contribution < 1.29 is 4.79 Å². The number of carbonyl (C=O) groups is 1. The van der Waals surface area contributed by atoms with Gasteiger partial charge in [-0.15, -0.1) is 0 Å². The zero-order valence-corrected chi connectivity index (χ0v) is 13.0. The van der Waals surface area contributed by atoms with Crippen molar-refractivity contribution in [3.8, 4) is 0 Å². The SMILES string of the molecule is CN1CCCC1C1CCCN1C(=O)CC1CCCCC1. The molecule has 114 valence electrons. The number of carbonyl (C=O) groups excluding carboxylic acids is 1. The lowest BCUT2D eigenvalue weighted by Gasteiger charge is -2.34. The van der Waals surface area contributed by atoms with Crippen molar-refractivity contribution in [3.63, 3.8) is 0 Å². The quantitative estimate of drug-likeness (QED) is 0.792. The minimum atomic E-state index is 0.458. The van der Waals surface area contributed by atoms with E-state index < -0.39 is 0 Å². The first-order valence-corrected chi connectivity index (χ1v) is 8.75. The zero-order chi connectivity index (χ0) is 13.9. The van der Waals surface area contributed by atoms with E-state index in [1.807, 2.05) is 0 Å². The lowest BCUT2D eigenvalue weighted by Crippen LogP contribution is -2.47. The molecule has 20 heavy (non-hydrogen) atoms. The van der Waals surface area contributed by atoms with E-state index in [-0.39, 0.29) is 0 Å². The lowest BCUT2D eigenvalue weighted by atomic mass is 9.86. The number of rotatable bonds is 3. The van der Waals surface area contributed by atoms with Crippen molar-refractivity contribution in [2.24, 2.45) is 5.92 Å². The number of amides is 1. The normalized spacial score (nSPS) is 33.0. The Balaban J connectivity index is 1.58. The van der Waals surface area contributed by atoms with E-state index in [1.165, 1.54) is 64.3 Å². The summed E-state index contributed by atoms with van der Waals surface area (Å²) in [5.74, 6) is 1.14. The van der Waals surface area contributed by atoms with Gasteiger partial charge >= 0.3 is 0 Å². The number of hydrogen-bond donors (Lipinski definition) is 0. The van der Waals surface area contributed by atoms with E-state index in [0.29, 0.717) is 23.9 Å². The molecule has 0 spiro atoms. The van der Waals surface area contributed by atoms with E-state index in [0.717, 1.165) is 13.0 Å². The monoisotopic (exact) mass is 278 g/mol. The van der Waals surface area contributed by atoms with Crippen LogP contribution in [0.3, 0.4) is 0 Å². The molecular weight excluding hydrogens is 248 g/mol. The predicted octanol–water partition coefficient (Wildman–Crippen LogP) is 3.04. The third-order valence-electron chi connectivity index (χ3n) is 5.83. The topological polar surface area (TPSA) is 23.6 Å². The van der Waals surface area contributed by atoms with Crippen molar-refractivity contribution in [2.75, 3.05) is 20.1 Å². The summed E-state index contributed by atoms with van der Waals surface area (Å²) in [5.41, 5.74) is 0. The largest absolute Gasteiger partial charge is 0.338 e. The Morgan fingerprint density at radius 1 is 0.900 bits per heavy atom. The van der Waals surface area contributed by atoms with Crippen molar-refractivity contribution in [3.05, 3.63) is 0 Å². The van der Waals surface area contributed by atoms with Crippen LogP contribution in [0.25, 0.3) is 0 Å². The molecule has 3 fully saturated rings. The fourth-order valence-corrected chi connectivity index (χ4v) is 4.68. The molecule has 3 rings (SSSR count). The zero-order valence-electron chi connectivity index (χ0n) is 13.0. The molecule has 1 aliphatic carbocycles. The molecule has 3 nitrogen and oxygen atoms in total. The summed E-state index contributed by atoms with van der Waals surface area (Å²) in [6, 6.07) is 1.14. The Labute approximate surface area is 123 Å². The highest BCUT2D eigenvalue weighted by Gasteiger charge is 2.38. The van der Waals surface area contributed by atoms with Gasteiger partial charge < -0.3 is 9.80 Å². The van der Waals surface area contributed by atoms with E-state index in [4.69, 9.17) is 0 Å². The first-order chi connectivity index (χ1) is 9.75. The molecule has 2 heterocycles. The third-order valence-corrected chi connectivity index (χ3v) is 5.83. The van der Waals surface area contributed by atoms with Gasteiger partial charge in [-0.2, -0.15) is 0 Å². The maximum atomic E-state index is 12.7. The minimum Gasteiger partial charge on any atom is -0.338 e. The molecular formula is C17H30N2O.